The fourth-order valence-electron chi connectivity index (χ4n) is 1.29. The summed E-state index contributed by atoms with van der Waals surface area (Å²) in [6, 6.07) is 1.98. The van der Waals surface area contributed by atoms with Crippen molar-refractivity contribution in [2.24, 2.45) is 0 Å². The maximum Gasteiger partial charge on any atom is 0.229 e. The largest absolute Gasteiger partial charge is 0.268 e. The molecule has 72 valence electrons. The quantitative estimate of drug-likeness (QED) is 0.719. The molecule has 0 saturated carbocycles. The molecule has 0 atom stereocenters. The number of rotatable bonds is 1. The molecule has 0 bridgehead atoms. The van der Waals surface area contributed by atoms with Gasteiger partial charge in [-0.05, 0) is 37.1 Å². The van der Waals surface area contributed by atoms with Crippen molar-refractivity contribution in [3.8, 4) is 5.69 Å². The van der Waals surface area contributed by atoms with E-state index in [1.807, 2.05) is 19.9 Å². The first-order chi connectivity index (χ1) is 6.68. The smallest absolute Gasteiger partial charge is 0.229 e. The lowest BCUT2D eigenvalue weighted by Gasteiger charge is -2.04. The van der Waals surface area contributed by atoms with E-state index in [2.05, 4.69) is 15.2 Å². The van der Waals surface area contributed by atoms with Crippen molar-refractivity contribution in [3.05, 3.63) is 35.1 Å². The zero-order chi connectivity index (χ0) is 10.1. The van der Waals surface area contributed by atoms with E-state index in [0.717, 1.165) is 17.1 Å². The van der Waals surface area contributed by atoms with E-state index in [-0.39, 0.29) is 0 Å². The van der Waals surface area contributed by atoms with Crippen molar-refractivity contribution in [1.82, 2.24) is 19.7 Å². The van der Waals surface area contributed by atoms with Crippen LogP contribution in [0.1, 0.15) is 11.4 Å². The van der Waals surface area contributed by atoms with Crippen LogP contribution in [0.3, 0.4) is 0 Å². The fraction of sp³-hybridized carbons (Fsp3) is 0.222. The minimum Gasteiger partial charge on any atom is -0.268 e. The average Bonchev–Trinajstić information content (AvgIpc) is 2.46. The van der Waals surface area contributed by atoms with Crippen molar-refractivity contribution in [2.75, 3.05) is 0 Å². The van der Waals surface area contributed by atoms with Gasteiger partial charge in [-0.3, -0.25) is 9.55 Å². The maximum absolute atomic E-state index is 5.89. The third-order valence-electron chi connectivity index (χ3n) is 1.90. The van der Waals surface area contributed by atoms with Gasteiger partial charge in [-0.15, -0.1) is 10.2 Å². The van der Waals surface area contributed by atoms with E-state index in [1.54, 1.807) is 17.0 Å². The summed E-state index contributed by atoms with van der Waals surface area (Å²) in [5.74, 6) is 0.752. The Kier molecular flexibility index (Phi) is 2.21. The van der Waals surface area contributed by atoms with Crippen LogP contribution in [0, 0.1) is 13.8 Å². The fourth-order valence-corrected chi connectivity index (χ4v) is 1.55. The summed E-state index contributed by atoms with van der Waals surface area (Å²) in [4.78, 5) is 4.09. The molecule has 0 fully saturated rings. The topological polar surface area (TPSA) is 43.6 Å². The number of halogens is 1. The predicted octanol–water partition coefficient (Wildman–Crippen LogP) is 1.93. The molecule has 2 rings (SSSR count). The van der Waals surface area contributed by atoms with Gasteiger partial charge in [0, 0.05) is 6.20 Å². The second-order valence-electron chi connectivity index (χ2n) is 3.07. The minimum absolute atomic E-state index is 0.356. The lowest BCUT2D eigenvalue weighted by molar-refractivity contribution is 0.958. The predicted molar refractivity (Wildman–Crippen MR) is 53.6 cm³/mol. The molecule has 14 heavy (non-hydrogen) atoms. The standard InChI is InChI=1S/C9H9ClN4/c1-6-3-8(5-11-4-6)14-7(2)12-13-9(14)10/h3-5H,1-2H3. The monoisotopic (exact) mass is 208 g/mol. The van der Waals surface area contributed by atoms with Gasteiger partial charge in [0.05, 0.1) is 11.9 Å². The molecule has 0 N–H and O–H groups in total. The van der Waals surface area contributed by atoms with Gasteiger partial charge in [0.25, 0.3) is 0 Å². The van der Waals surface area contributed by atoms with Crippen LogP contribution in [0.4, 0.5) is 0 Å². The molecule has 0 saturated heterocycles. The van der Waals surface area contributed by atoms with Crippen molar-refractivity contribution in [3.63, 3.8) is 0 Å². The Bertz CT molecular complexity index is 444. The first kappa shape index (κ1) is 9.15. The third kappa shape index (κ3) is 1.48. The highest BCUT2D eigenvalue weighted by Gasteiger charge is 2.08. The van der Waals surface area contributed by atoms with Gasteiger partial charge in [0.1, 0.15) is 5.82 Å². The van der Waals surface area contributed by atoms with E-state index in [0.29, 0.717) is 5.28 Å². The molecule has 4 nitrogen and oxygen atoms in total. The number of aryl methyl sites for hydroxylation is 2. The van der Waals surface area contributed by atoms with E-state index in [4.69, 9.17) is 11.6 Å². The maximum atomic E-state index is 5.89. The summed E-state index contributed by atoms with van der Waals surface area (Å²) in [7, 11) is 0. The molecule has 0 aromatic carbocycles. The Morgan fingerprint density at radius 1 is 1.21 bits per heavy atom. The second-order valence-corrected chi connectivity index (χ2v) is 3.41. The molecule has 0 radical (unpaired) electrons. The Labute approximate surface area is 86.6 Å². The molecule has 2 aromatic rings. The van der Waals surface area contributed by atoms with Crippen molar-refractivity contribution < 1.29 is 0 Å². The van der Waals surface area contributed by atoms with Crippen LogP contribution < -0.4 is 0 Å². The molecular weight excluding hydrogens is 200 g/mol. The summed E-state index contributed by atoms with van der Waals surface area (Å²) in [6.45, 7) is 3.82. The SMILES string of the molecule is Cc1cncc(-n2c(C)nnc2Cl)c1. The molecule has 0 aliphatic heterocycles. The van der Waals surface area contributed by atoms with Crippen LogP contribution in [0.2, 0.25) is 5.28 Å². The normalized spacial score (nSPS) is 10.5. The molecule has 0 spiro atoms. The number of hydrogen-bond acceptors (Lipinski definition) is 3. The lowest BCUT2D eigenvalue weighted by atomic mass is 10.3. The molecule has 2 heterocycles. The molecule has 0 aliphatic carbocycles. The van der Waals surface area contributed by atoms with E-state index in [9.17, 15) is 0 Å². The average molecular weight is 209 g/mol. The third-order valence-corrected chi connectivity index (χ3v) is 2.15. The van der Waals surface area contributed by atoms with Crippen molar-refractivity contribution >= 4 is 11.6 Å². The summed E-state index contributed by atoms with van der Waals surface area (Å²) < 4.78 is 1.75. The molecule has 0 unspecified atom stereocenters. The number of aromatic nitrogens is 4. The number of pyridine rings is 1. The summed E-state index contributed by atoms with van der Waals surface area (Å²) >= 11 is 5.89. The minimum atomic E-state index is 0.356. The molecule has 2 aromatic heterocycles. The zero-order valence-electron chi connectivity index (χ0n) is 7.90. The van der Waals surface area contributed by atoms with Gasteiger partial charge < -0.3 is 0 Å². The lowest BCUT2D eigenvalue weighted by Crippen LogP contribution is -1.98. The Morgan fingerprint density at radius 3 is 2.57 bits per heavy atom. The Hall–Kier alpha value is -1.42. The van der Waals surface area contributed by atoms with Crippen LogP contribution in [0.5, 0.6) is 0 Å². The number of hydrogen-bond donors (Lipinski definition) is 0. The van der Waals surface area contributed by atoms with Crippen LogP contribution >= 0.6 is 11.6 Å². The summed E-state index contributed by atoms with van der Waals surface area (Å²) in [5.41, 5.74) is 1.96. The molecule has 5 heteroatoms. The Morgan fingerprint density at radius 2 is 2.00 bits per heavy atom. The van der Waals surface area contributed by atoms with Gasteiger partial charge in [-0.25, -0.2) is 0 Å². The van der Waals surface area contributed by atoms with E-state index < -0.39 is 0 Å². The van der Waals surface area contributed by atoms with Gasteiger partial charge in [0.2, 0.25) is 5.28 Å². The van der Waals surface area contributed by atoms with Gasteiger partial charge in [0.15, 0.2) is 0 Å². The van der Waals surface area contributed by atoms with Gasteiger partial charge in [-0.1, -0.05) is 0 Å². The first-order valence-electron chi connectivity index (χ1n) is 4.18. The van der Waals surface area contributed by atoms with Crippen LogP contribution in [-0.4, -0.2) is 19.7 Å². The van der Waals surface area contributed by atoms with Crippen LogP contribution in [-0.2, 0) is 0 Å². The van der Waals surface area contributed by atoms with E-state index >= 15 is 0 Å². The van der Waals surface area contributed by atoms with Gasteiger partial charge >= 0.3 is 0 Å². The van der Waals surface area contributed by atoms with Crippen LogP contribution in [0.25, 0.3) is 5.69 Å². The Balaban J connectivity index is 2.59. The first-order valence-corrected chi connectivity index (χ1v) is 4.56. The summed E-state index contributed by atoms with van der Waals surface area (Å²) in [5, 5.41) is 8.00. The number of nitrogens with zero attached hydrogens (tertiary/aromatic N) is 4. The highest BCUT2D eigenvalue weighted by atomic mass is 35.5. The van der Waals surface area contributed by atoms with E-state index in [1.165, 1.54) is 0 Å². The van der Waals surface area contributed by atoms with Gasteiger partial charge in [-0.2, -0.15) is 0 Å². The van der Waals surface area contributed by atoms with Crippen LogP contribution in [0.15, 0.2) is 18.5 Å². The highest BCUT2D eigenvalue weighted by Crippen LogP contribution is 2.15. The molecule has 0 aliphatic rings. The van der Waals surface area contributed by atoms with Crippen molar-refractivity contribution in [2.45, 2.75) is 13.8 Å². The summed E-state index contributed by atoms with van der Waals surface area (Å²) in [6.07, 6.45) is 3.52. The zero-order valence-corrected chi connectivity index (χ0v) is 8.65. The molecule has 0 amide bonds. The molecular formula is C9H9ClN4. The highest BCUT2D eigenvalue weighted by molar-refractivity contribution is 6.28. The second kappa shape index (κ2) is 3.38. The van der Waals surface area contributed by atoms with Crippen molar-refractivity contribution in [1.29, 1.82) is 0 Å².